The second-order valence-electron chi connectivity index (χ2n) is 10.4. The van der Waals surface area contributed by atoms with Crippen LogP contribution < -0.4 is 5.62 Å². The fraction of sp³-hybridized carbons (Fsp3) is 0.321. The maximum atomic E-state index is 14.4. The van der Waals surface area contributed by atoms with Gasteiger partial charge in [-0.2, -0.15) is 28.0 Å². The van der Waals surface area contributed by atoms with Crippen molar-refractivity contribution in [3.63, 3.8) is 0 Å². The van der Waals surface area contributed by atoms with Crippen molar-refractivity contribution in [3.8, 4) is 17.1 Å². The van der Waals surface area contributed by atoms with E-state index in [1.165, 1.54) is 36.1 Å². The minimum Gasteiger partial charge on any atom is -0.493 e. The van der Waals surface area contributed by atoms with Gasteiger partial charge in [0.15, 0.2) is 5.65 Å². The van der Waals surface area contributed by atoms with E-state index in [-0.39, 0.29) is 45.7 Å². The summed E-state index contributed by atoms with van der Waals surface area (Å²) in [6, 6.07) is 8.78. The van der Waals surface area contributed by atoms with Gasteiger partial charge in [-0.3, -0.25) is 18.2 Å². The Labute approximate surface area is 246 Å². The number of amides is 1. The van der Waals surface area contributed by atoms with Crippen LogP contribution in [0, 0.1) is 18.8 Å². The number of imidazole rings is 1. The van der Waals surface area contributed by atoms with Gasteiger partial charge in [-0.1, -0.05) is 24.6 Å². The summed E-state index contributed by atoms with van der Waals surface area (Å²) in [6.07, 6.45) is 4.18. The Morgan fingerprint density at radius 1 is 1.21 bits per heavy atom. The third-order valence-corrected chi connectivity index (χ3v) is 8.21. The molecule has 5 aromatic rings. The van der Waals surface area contributed by atoms with E-state index in [0.717, 1.165) is 11.6 Å². The van der Waals surface area contributed by atoms with Crippen molar-refractivity contribution in [2.45, 2.75) is 38.1 Å². The fourth-order valence-electron chi connectivity index (χ4n) is 4.62. The molecule has 1 aromatic carbocycles. The van der Waals surface area contributed by atoms with Gasteiger partial charge in [0.1, 0.15) is 5.52 Å². The van der Waals surface area contributed by atoms with E-state index in [0.29, 0.717) is 30.6 Å². The number of carbonyl (C=O) groups excluding carboxylic acids is 1. The Hall–Kier alpha value is -4.63. The molecule has 4 heterocycles. The first kappa shape index (κ1) is 29.8. The predicted molar refractivity (Wildman–Crippen MR) is 154 cm³/mol. The van der Waals surface area contributed by atoms with Gasteiger partial charge in [-0.25, -0.2) is 9.67 Å². The number of nitrogens with one attached hydrogen (secondary N) is 1. The molecule has 4 aromatic heterocycles. The van der Waals surface area contributed by atoms with Crippen molar-refractivity contribution in [2.75, 3.05) is 6.61 Å². The molecule has 0 unspecified atom stereocenters. The minimum atomic E-state index is -3.85. The zero-order valence-electron chi connectivity index (χ0n) is 24.0. The van der Waals surface area contributed by atoms with Gasteiger partial charge in [0.2, 0.25) is 17.4 Å². The summed E-state index contributed by atoms with van der Waals surface area (Å²) >= 11 is 0. The van der Waals surface area contributed by atoms with E-state index in [1.54, 1.807) is 34.6 Å². The number of hydrogen-bond donors (Lipinski definition) is 2. The highest BCUT2D eigenvalue weighted by molar-refractivity contribution is 7.86. The molecule has 226 valence electrons. The van der Waals surface area contributed by atoms with Gasteiger partial charge in [-0.05, 0) is 43.9 Å². The Bertz CT molecular complexity index is 1970. The summed E-state index contributed by atoms with van der Waals surface area (Å²) in [5.41, 5.74) is 2.53. The molecule has 0 saturated heterocycles. The predicted octanol–water partition coefficient (Wildman–Crippen LogP) is 3.21. The summed E-state index contributed by atoms with van der Waals surface area (Å²) in [4.78, 5) is 24.4. The summed E-state index contributed by atoms with van der Waals surface area (Å²) in [5.74, 6) is -1.83. The molecule has 15 heteroatoms. The van der Waals surface area contributed by atoms with Crippen molar-refractivity contribution < 1.29 is 26.9 Å². The van der Waals surface area contributed by atoms with Crippen LogP contribution >= 0.6 is 0 Å². The lowest BCUT2D eigenvalue weighted by molar-refractivity contribution is 0.0995. The van der Waals surface area contributed by atoms with Crippen LogP contribution in [-0.2, 0) is 34.9 Å². The standard InChI is InChI=1S/C28H31FN8O5S/c1-17-7-9-20(10-8-17)43(40,41)42-11-5-6-18(2)15-37-25-23(16-35(3)34-25)32-28(37)33-26(38)19-12-22(31-24(29)13-19)21-14-30-36(4)27(21)39/h7-10,12-14,16,18,39H,5-6,11,15H2,1-4H3,(H,32,33,38)/t18-/m1/s1. The number of aryl methyl sites for hydroxylation is 3. The molecule has 5 rings (SSSR count). The molecule has 13 nitrogen and oxygen atoms in total. The van der Waals surface area contributed by atoms with Crippen LogP contribution in [0.15, 0.2) is 58.7 Å². The number of aromatic hydroxyl groups is 1. The molecule has 0 aliphatic carbocycles. The van der Waals surface area contributed by atoms with E-state index in [2.05, 4.69) is 25.2 Å². The van der Waals surface area contributed by atoms with E-state index >= 15 is 0 Å². The summed E-state index contributed by atoms with van der Waals surface area (Å²) in [6.45, 7) is 4.29. The Kier molecular flexibility index (Phi) is 8.28. The summed E-state index contributed by atoms with van der Waals surface area (Å²) in [7, 11) is -0.562. The summed E-state index contributed by atoms with van der Waals surface area (Å²) < 4.78 is 49.2. The third kappa shape index (κ3) is 6.57. The minimum absolute atomic E-state index is 0.0233. The van der Waals surface area contributed by atoms with Crippen LogP contribution in [0.5, 0.6) is 5.88 Å². The smallest absolute Gasteiger partial charge is 0.296 e. The molecule has 2 N–H and O–H groups in total. The van der Waals surface area contributed by atoms with E-state index < -0.39 is 22.0 Å². The highest BCUT2D eigenvalue weighted by atomic mass is 32.2. The largest absolute Gasteiger partial charge is 0.493 e. The molecule has 0 bridgehead atoms. The van der Waals surface area contributed by atoms with Crippen molar-refractivity contribution in [1.29, 1.82) is 0 Å². The molecular formula is C28H31FN8O5S. The van der Waals surface area contributed by atoms with Gasteiger partial charge < -0.3 is 10.1 Å². The topological polar surface area (TPSA) is 162 Å². The van der Waals surface area contributed by atoms with Crippen LogP contribution in [0.25, 0.3) is 22.4 Å². The number of carbonyl (C=O) groups is 1. The van der Waals surface area contributed by atoms with Gasteiger partial charge in [-0.15, -0.1) is 0 Å². The molecule has 1 amide bonds. The first-order valence-corrected chi connectivity index (χ1v) is 14.9. The highest BCUT2D eigenvalue weighted by Crippen LogP contribution is 2.27. The molecule has 0 aliphatic heterocycles. The molecule has 0 aliphatic rings. The Morgan fingerprint density at radius 3 is 2.65 bits per heavy atom. The fourth-order valence-corrected chi connectivity index (χ4v) is 5.56. The summed E-state index contributed by atoms with van der Waals surface area (Å²) in [5, 5.41) is 18.6. The number of benzene rings is 1. The first-order valence-electron chi connectivity index (χ1n) is 13.5. The van der Waals surface area contributed by atoms with Gasteiger partial charge >= 0.3 is 0 Å². The van der Waals surface area contributed by atoms with Gasteiger partial charge in [0, 0.05) is 32.3 Å². The number of aromatic amines is 1. The molecule has 0 spiro atoms. The Morgan fingerprint density at radius 2 is 1.95 bits per heavy atom. The lowest BCUT2D eigenvalue weighted by Gasteiger charge is -2.13. The quantitative estimate of drug-likeness (QED) is 0.138. The number of rotatable bonds is 10. The van der Waals surface area contributed by atoms with Gasteiger partial charge in [0.05, 0.1) is 35.2 Å². The lowest BCUT2D eigenvalue weighted by atomic mass is 10.1. The van der Waals surface area contributed by atoms with Crippen molar-refractivity contribution in [3.05, 3.63) is 71.5 Å². The zero-order valence-corrected chi connectivity index (χ0v) is 24.8. The van der Waals surface area contributed by atoms with Crippen molar-refractivity contribution in [1.82, 2.24) is 34.1 Å². The molecule has 43 heavy (non-hydrogen) atoms. The number of H-pyrrole nitrogens is 1. The van der Waals surface area contributed by atoms with Crippen molar-refractivity contribution in [2.24, 2.45) is 25.0 Å². The van der Waals surface area contributed by atoms with E-state index in [4.69, 9.17) is 4.18 Å². The molecule has 0 fully saturated rings. The third-order valence-electron chi connectivity index (χ3n) is 6.88. The first-order chi connectivity index (χ1) is 20.4. The zero-order chi connectivity index (χ0) is 30.9. The SMILES string of the molecule is Cc1ccc(S(=O)(=O)OCCC[C@@H](C)Cn2/c(=N/C(=O)c3cc(F)nc(-c4cnn(C)c4O)c3)[nH]c3cn(C)nc32)cc1. The number of halogens is 1. The van der Waals surface area contributed by atoms with E-state index in [9.17, 15) is 22.7 Å². The Balaban J connectivity index is 1.33. The lowest BCUT2D eigenvalue weighted by Crippen LogP contribution is -2.24. The molecule has 0 saturated carbocycles. The van der Waals surface area contributed by atoms with Crippen molar-refractivity contribution >= 4 is 27.2 Å². The number of nitrogens with zero attached hydrogens (tertiary/aromatic N) is 7. The molecule has 1 atom stereocenters. The number of pyridine rings is 1. The second-order valence-corrected chi connectivity index (χ2v) is 12.0. The van der Waals surface area contributed by atoms with Crippen LogP contribution in [-0.4, -0.2) is 60.1 Å². The highest BCUT2D eigenvalue weighted by Gasteiger charge is 2.19. The van der Waals surface area contributed by atoms with Crippen LogP contribution in [0.4, 0.5) is 4.39 Å². The maximum absolute atomic E-state index is 14.4. The average Bonchev–Trinajstić information content (AvgIpc) is 3.58. The van der Waals surface area contributed by atoms with E-state index in [1.807, 2.05) is 13.8 Å². The van der Waals surface area contributed by atoms with Crippen LogP contribution in [0.3, 0.4) is 0 Å². The van der Waals surface area contributed by atoms with Crippen LogP contribution in [0.1, 0.15) is 35.7 Å². The normalized spacial score (nSPS) is 13.2. The molecular weight excluding hydrogens is 579 g/mol. The monoisotopic (exact) mass is 610 g/mol. The number of hydrogen-bond acceptors (Lipinski definition) is 8. The van der Waals surface area contributed by atoms with Gasteiger partial charge in [0.25, 0.3) is 16.0 Å². The van der Waals surface area contributed by atoms with Crippen LogP contribution in [0.2, 0.25) is 0 Å². The average molecular weight is 611 g/mol. The molecule has 0 radical (unpaired) electrons. The maximum Gasteiger partial charge on any atom is 0.296 e. The number of aromatic nitrogens is 7. The number of fused-ring (bicyclic) bond motifs is 1. The second kappa shape index (κ2) is 11.9.